The largest absolute Gasteiger partial charge is 0.481 e. The van der Waals surface area contributed by atoms with E-state index in [1.807, 2.05) is 22.1 Å². The first-order valence-electron chi connectivity index (χ1n) is 9.27. The Kier molecular flexibility index (Phi) is 7.85. The number of nitrogens with zero attached hydrogens (tertiary/aromatic N) is 3. The summed E-state index contributed by atoms with van der Waals surface area (Å²) in [5.74, 6) is -1.06. The highest BCUT2D eigenvalue weighted by Gasteiger charge is 2.36. The molecule has 2 fully saturated rings. The summed E-state index contributed by atoms with van der Waals surface area (Å²) in [7, 11) is 0. The number of hydrogen-bond acceptors (Lipinski definition) is 5. The van der Waals surface area contributed by atoms with Gasteiger partial charge in [0.2, 0.25) is 5.91 Å². The van der Waals surface area contributed by atoms with E-state index in [1.165, 1.54) is 17.8 Å². The van der Waals surface area contributed by atoms with Crippen LogP contribution in [0.15, 0.2) is 11.6 Å². The van der Waals surface area contributed by atoms with E-state index in [0.717, 1.165) is 43.8 Å². The first-order chi connectivity index (χ1) is 12.1. The fourth-order valence-corrected chi connectivity index (χ4v) is 4.74. The smallest absolute Gasteiger partial charge is 0.307 e. The predicted molar refractivity (Wildman–Crippen MR) is 105 cm³/mol. The number of aromatic nitrogens is 1. The molecule has 1 aromatic rings. The minimum absolute atomic E-state index is 0. The standard InChI is InChI=1S/C18H27N3O3S.ClH/c1-13(20-10-5-6-14(12-20)17(23)24)16(22)21(18-19-9-11-25-18)15-7-3-2-4-8-15;/h9,11,13-15H,2-8,10,12H2,1H3,(H,23,24);1H. The second-order valence-electron chi connectivity index (χ2n) is 7.16. The molecule has 1 aromatic heterocycles. The molecule has 26 heavy (non-hydrogen) atoms. The number of carbonyl (C=O) groups excluding carboxylic acids is 1. The second kappa shape index (κ2) is 9.67. The maximum absolute atomic E-state index is 13.3. The molecule has 1 saturated carbocycles. The van der Waals surface area contributed by atoms with E-state index in [9.17, 15) is 14.7 Å². The number of piperidine rings is 1. The molecule has 0 bridgehead atoms. The molecule has 8 heteroatoms. The van der Waals surface area contributed by atoms with Gasteiger partial charge in [0.05, 0.1) is 12.0 Å². The number of hydrogen-bond donors (Lipinski definition) is 1. The van der Waals surface area contributed by atoms with Gasteiger partial charge in [-0.25, -0.2) is 4.98 Å². The average Bonchev–Trinajstić information content (AvgIpc) is 3.16. The molecule has 2 heterocycles. The Morgan fingerprint density at radius 1 is 1.27 bits per heavy atom. The van der Waals surface area contributed by atoms with E-state index in [-0.39, 0.29) is 36.3 Å². The van der Waals surface area contributed by atoms with Crippen molar-refractivity contribution in [3.63, 3.8) is 0 Å². The normalized spacial score (nSPS) is 23.0. The highest BCUT2D eigenvalue weighted by molar-refractivity contribution is 7.13. The zero-order valence-electron chi connectivity index (χ0n) is 15.2. The molecule has 1 aliphatic carbocycles. The number of anilines is 1. The van der Waals surface area contributed by atoms with Crippen LogP contribution in [0.3, 0.4) is 0 Å². The third kappa shape index (κ3) is 4.75. The molecule has 6 nitrogen and oxygen atoms in total. The first kappa shape index (κ1) is 21.1. The molecule has 0 spiro atoms. The highest BCUT2D eigenvalue weighted by Crippen LogP contribution is 2.30. The third-order valence-electron chi connectivity index (χ3n) is 5.51. The fourth-order valence-electron chi connectivity index (χ4n) is 4.02. The van der Waals surface area contributed by atoms with E-state index < -0.39 is 5.97 Å². The molecular formula is C18H28ClN3O3S. The van der Waals surface area contributed by atoms with Crippen molar-refractivity contribution in [2.24, 2.45) is 5.92 Å². The first-order valence-corrected chi connectivity index (χ1v) is 10.2. The summed E-state index contributed by atoms with van der Waals surface area (Å²) < 4.78 is 0. The molecule has 2 atom stereocenters. The Morgan fingerprint density at radius 3 is 2.62 bits per heavy atom. The highest BCUT2D eigenvalue weighted by atomic mass is 35.5. The zero-order chi connectivity index (χ0) is 17.8. The van der Waals surface area contributed by atoms with Crippen LogP contribution in [-0.2, 0) is 9.59 Å². The van der Waals surface area contributed by atoms with Gasteiger partial charge in [-0.3, -0.25) is 19.4 Å². The van der Waals surface area contributed by atoms with Crippen LogP contribution in [0, 0.1) is 5.92 Å². The van der Waals surface area contributed by atoms with Crippen molar-refractivity contribution in [2.75, 3.05) is 18.0 Å². The van der Waals surface area contributed by atoms with Gasteiger partial charge in [-0.15, -0.1) is 23.7 Å². The molecule has 2 unspecified atom stereocenters. The maximum Gasteiger partial charge on any atom is 0.307 e. The zero-order valence-corrected chi connectivity index (χ0v) is 16.8. The van der Waals surface area contributed by atoms with Crippen LogP contribution in [-0.4, -0.2) is 52.0 Å². The SMILES string of the molecule is CC(C(=O)N(c1nccs1)C1CCCCC1)N1CCCC(C(=O)O)C1.Cl. The van der Waals surface area contributed by atoms with Crippen molar-refractivity contribution < 1.29 is 14.7 Å². The molecule has 1 amide bonds. The number of aliphatic carboxylic acids is 1. The van der Waals surface area contributed by atoms with Crippen molar-refractivity contribution >= 4 is 40.8 Å². The summed E-state index contributed by atoms with van der Waals surface area (Å²) in [6.45, 7) is 3.15. The van der Waals surface area contributed by atoms with Gasteiger partial charge in [-0.05, 0) is 39.2 Å². The van der Waals surface area contributed by atoms with Crippen molar-refractivity contribution in [1.82, 2.24) is 9.88 Å². The van der Waals surface area contributed by atoms with Crippen LogP contribution < -0.4 is 4.90 Å². The van der Waals surface area contributed by atoms with Crippen LogP contribution in [0.2, 0.25) is 0 Å². The van der Waals surface area contributed by atoms with Crippen LogP contribution in [0.5, 0.6) is 0 Å². The third-order valence-corrected chi connectivity index (χ3v) is 6.28. The Labute approximate surface area is 165 Å². The molecule has 0 radical (unpaired) electrons. The van der Waals surface area contributed by atoms with Gasteiger partial charge >= 0.3 is 5.97 Å². The number of amides is 1. The molecular weight excluding hydrogens is 374 g/mol. The predicted octanol–water partition coefficient (Wildman–Crippen LogP) is 3.42. The summed E-state index contributed by atoms with van der Waals surface area (Å²) in [5.41, 5.74) is 0. The minimum atomic E-state index is -0.756. The maximum atomic E-state index is 13.3. The quantitative estimate of drug-likeness (QED) is 0.818. The molecule has 146 valence electrons. The van der Waals surface area contributed by atoms with Gasteiger partial charge in [0.1, 0.15) is 0 Å². The lowest BCUT2D eigenvalue weighted by Crippen LogP contribution is -2.54. The van der Waals surface area contributed by atoms with Gasteiger partial charge in [0.25, 0.3) is 0 Å². The fraction of sp³-hybridized carbons (Fsp3) is 0.722. The Balaban J connectivity index is 0.00000243. The number of thiazole rings is 1. The molecule has 1 N–H and O–H groups in total. The summed E-state index contributed by atoms with van der Waals surface area (Å²) in [5, 5.41) is 12.0. The van der Waals surface area contributed by atoms with Crippen molar-refractivity contribution in [3.8, 4) is 0 Å². The van der Waals surface area contributed by atoms with Crippen molar-refractivity contribution in [2.45, 2.75) is 64.0 Å². The summed E-state index contributed by atoms with van der Waals surface area (Å²) in [6.07, 6.45) is 8.86. The van der Waals surface area contributed by atoms with Gasteiger partial charge in [-0.2, -0.15) is 0 Å². The number of carboxylic acid groups (broad SMARTS) is 1. The lowest BCUT2D eigenvalue weighted by molar-refractivity contribution is -0.144. The van der Waals surface area contributed by atoms with E-state index in [0.29, 0.717) is 13.0 Å². The Morgan fingerprint density at radius 2 is 2.00 bits per heavy atom. The number of halogens is 1. The lowest BCUT2D eigenvalue weighted by Gasteiger charge is -2.39. The van der Waals surface area contributed by atoms with Crippen LogP contribution >= 0.6 is 23.7 Å². The Hall–Kier alpha value is -1.18. The van der Waals surface area contributed by atoms with Gasteiger partial charge in [-0.1, -0.05) is 19.3 Å². The van der Waals surface area contributed by atoms with Crippen LogP contribution in [0.4, 0.5) is 5.13 Å². The van der Waals surface area contributed by atoms with E-state index in [1.54, 1.807) is 6.20 Å². The number of rotatable bonds is 5. The van der Waals surface area contributed by atoms with E-state index >= 15 is 0 Å². The van der Waals surface area contributed by atoms with Crippen molar-refractivity contribution in [3.05, 3.63) is 11.6 Å². The lowest BCUT2D eigenvalue weighted by atomic mass is 9.93. The number of likely N-dealkylation sites (tertiary alicyclic amines) is 1. The number of carbonyl (C=O) groups is 2. The van der Waals surface area contributed by atoms with Gasteiger partial charge < -0.3 is 5.11 Å². The van der Waals surface area contributed by atoms with Gasteiger partial charge in [0.15, 0.2) is 5.13 Å². The number of carboxylic acids is 1. The average molecular weight is 402 g/mol. The summed E-state index contributed by atoms with van der Waals surface area (Å²) in [4.78, 5) is 33.0. The molecule has 0 aromatic carbocycles. The minimum Gasteiger partial charge on any atom is -0.481 e. The molecule has 3 rings (SSSR count). The molecule has 1 aliphatic heterocycles. The van der Waals surface area contributed by atoms with E-state index in [4.69, 9.17) is 0 Å². The summed E-state index contributed by atoms with van der Waals surface area (Å²) >= 11 is 1.50. The van der Waals surface area contributed by atoms with Gasteiger partial charge in [0, 0.05) is 24.2 Å². The molecule has 2 aliphatic rings. The van der Waals surface area contributed by atoms with Crippen molar-refractivity contribution in [1.29, 1.82) is 0 Å². The van der Waals surface area contributed by atoms with Crippen LogP contribution in [0.25, 0.3) is 0 Å². The van der Waals surface area contributed by atoms with Crippen LogP contribution in [0.1, 0.15) is 51.9 Å². The monoisotopic (exact) mass is 401 g/mol. The Bertz CT molecular complexity index is 593. The topological polar surface area (TPSA) is 73.7 Å². The van der Waals surface area contributed by atoms with E-state index in [2.05, 4.69) is 4.98 Å². The summed E-state index contributed by atoms with van der Waals surface area (Å²) in [6, 6.07) is -0.0945. The molecule has 1 saturated heterocycles. The second-order valence-corrected chi connectivity index (χ2v) is 8.04.